The van der Waals surface area contributed by atoms with Crippen LogP contribution in [0.3, 0.4) is 0 Å². The van der Waals surface area contributed by atoms with E-state index in [9.17, 15) is 4.79 Å². The Morgan fingerprint density at radius 1 is 1.31 bits per heavy atom. The van der Waals surface area contributed by atoms with Gasteiger partial charge in [0, 0.05) is 36.1 Å². The van der Waals surface area contributed by atoms with Crippen molar-refractivity contribution in [1.82, 2.24) is 20.1 Å². The van der Waals surface area contributed by atoms with Crippen LogP contribution in [0.2, 0.25) is 5.02 Å². The van der Waals surface area contributed by atoms with Crippen LogP contribution in [0.4, 0.5) is 0 Å². The summed E-state index contributed by atoms with van der Waals surface area (Å²) in [5.74, 6) is 0.689. The first-order valence-electron chi connectivity index (χ1n) is 9.42. The average molecular weight is 413 g/mol. The third kappa shape index (κ3) is 4.93. The summed E-state index contributed by atoms with van der Waals surface area (Å²) in [5, 5.41) is 8.04. The van der Waals surface area contributed by atoms with Crippen LogP contribution in [0.25, 0.3) is 0 Å². The van der Waals surface area contributed by atoms with Gasteiger partial charge in [-0.2, -0.15) is 5.10 Å². The fourth-order valence-electron chi connectivity index (χ4n) is 3.19. The molecule has 0 spiro atoms. The van der Waals surface area contributed by atoms with Crippen molar-refractivity contribution in [3.63, 3.8) is 0 Å². The molecule has 3 aromatic rings. The highest BCUT2D eigenvalue weighted by Gasteiger charge is 2.27. The number of carbonyl (C=O) groups excluding carboxylic acids is 1. The maximum Gasteiger partial charge on any atom is 0.255 e. The number of hydrogen-bond acceptors (Lipinski definition) is 5. The summed E-state index contributed by atoms with van der Waals surface area (Å²) < 4.78 is 11.6. The largest absolute Gasteiger partial charge is 0.493 e. The van der Waals surface area contributed by atoms with Crippen molar-refractivity contribution in [3.05, 3.63) is 76.8 Å². The van der Waals surface area contributed by atoms with Crippen LogP contribution in [-0.2, 0) is 11.2 Å². The van der Waals surface area contributed by atoms with Crippen LogP contribution in [-0.4, -0.2) is 52.3 Å². The topological polar surface area (TPSA) is 80.3 Å². The molecular weight excluding hydrogens is 392 g/mol. The quantitative estimate of drug-likeness (QED) is 0.672. The molecule has 7 nitrogen and oxygen atoms in total. The fraction of sp³-hybridized carbons (Fsp3) is 0.286. The minimum atomic E-state index is -0.261. The van der Waals surface area contributed by atoms with Gasteiger partial charge < -0.3 is 14.4 Å². The van der Waals surface area contributed by atoms with Gasteiger partial charge in [-0.05, 0) is 36.4 Å². The van der Waals surface area contributed by atoms with Gasteiger partial charge in [-0.15, -0.1) is 0 Å². The number of ether oxygens (including phenoxy) is 2. The number of amides is 1. The number of aromatic nitrogens is 3. The molecule has 1 amide bonds. The Morgan fingerprint density at radius 3 is 3.07 bits per heavy atom. The second kappa shape index (κ2) is 9.07. The lowest BCUT2D eigenvalue weighted by Gasteiger charge is -2.32. The van der Waals surface area contributed by atoms with E-state index in [0.29, 0.717) is 43.3 Å². The summed E-state index contributed by atoms with van der Waals surface area (Å²) in [6.45, 7) is 1.97. The smallest absolute Gasteiger partial charge is 0.255 e. The second-order valence-corrected chi connectivity index (χ2v) is 7.16. The fourth-order valence-corrected chi connectivity index (χ4v) is 3.37. The van der Waals surface area contributed by atoms with Crippen molar-refractivity contribution in [1.29, 1.82) is 0 Å². The van der Waals surface area contributed by atoms with E-state index in [0.717, 1.165) is 17.1 Å². The van der Waals surface area contributed by atoms with Crippen molar-refractivity contribution < 1.29 is 14.3 Å². The van der Waals surface area contributed by atoms with E-state index in [1.165, 1.54) is 0 Å². The SMILES string of the molecule is O=C(c1cccnc1)N1CCOC(c2cc(CCOc3cccc(Cl)c3)[nH]n2)C1. The molecule has 1 atom stereocenters. The molecule has 1 aliphatic heterocycles. The number of rotatable bonds is 6. The van der Waals surface area contributed by atoms with Gasteiger partial charge in [0.2, 0.25) is 0 Å². The predicted molar refractivity (Wildman–Crippen MR) is 108 cm³/mol. The molecule has 150 valence electrons. The molecule has 0 aliphatic carbocycles. The van der Waals surface area contributed by atoms with E-state index in [1.54, 1.807) is 35.5 Å². The summed E-state index contributed by atoms with van der Waals surface area (Å²) in [7, 11) is 0. The van der Waals surface area contributed by atoms with E-state index in [1.807, 2.05) is 24.3 Å². The molecule has 1 aliphatic rings. The average Bonchev–Trinajstić information content (AvgIpc) is 3.23. The predicted octanol–water partition coefficient (Wildman–Crippen LogP) is 3.29. The lowest BCUT2D eigenvalue weighted by molar-refractivity contribution is -0.0247. The number of morpholine rings is 1. The molecule has 3 heterocycles. The van der Waals surface area contributed by atoms with Gasteiger partial charge >= 0.3 is 0 Å². The number of hydrogen-bond donors (Lipinski definition) is 1. The lowest BCUT2D eigenvalue weighted by atomic mass is 10.1. The van der Waals surface area contributed by atoms with Gasteiger partial charge in [0.15, 0.2) is 0 Å². The first-order chi connectivity index (χ1) is 14.2. The number of carbonyl (C=O) groups is 1. The molecule has 1 unspecified atom stereocenters. The van der Waals surface area contributed by atoms with E-state index in [2.05, 4.69) is 15.2 Å². The van der Waals surface area contributed by atoms with Crippen molar-refractivity contribution in [2.24, 2.45) is 0 Å². The highest BCUT2D eigenvalue weighted by Crippen LogP contribution is 2.23. The highest BCUT2D eigenvalue weighted by atomic mass is 35.5. The van der Waals surface area contributed by atoms with Crippen molar-refractivity contribution in [2.75, 3.05) is 26.3 Å². The van der Waals surface area contributed by atoms with E-state index >= 15 is 0 Å². The van der Waals surface area contributed by atoms with Gasteiger partial charge in [0.1, 0.15) is 11.9 Å². The summed E-state index contributed by atoms with van der Waals surface area (Å²) in [4.78, 5) is 18.5. The maximum absolute atomic E-state index is 12.7. The number of H-pyrrole nitrogens is 1. The molecular formula is C21H21ClN4O3. The minimum absolute atomic E-state index is 0.0444. The van der Waals surface area contributed by atoms with Crippen LogP contribution in [0, 0.1) is 0 Å². The van der Waals surface area contributed by atoms with Gasteiger partial charge in [0.25, 0.3) is 5.91 Å². The Balaban J connectivity index is 1.33. The number of benzene rings is 1. The normalized spacial score (nSPS) is 16.6. The molecule has 8 heteroatoms. The Labute approximate surface area is 173 Å². The standard InChI is InChI=1S/C21H21ClN4O3/c22-16-4-1-5-18(11-16)28-9-6-17-12-19(25-24-17)20-14-26(8-10-29-20)21(27)15-3-2-7-23-13-15/h1-5,7,11-13,20H,6,8-10,14H2,(H,24,25). The molecule has 29 heavy (non-hydrogen) atoms. The molecule has 1 saturated heterocycles. The number of nitrogens with one attached hydrogen (secondary N) is 1. The zero-order valence-electron chi connectivity index (χ0n) is 15.8. The molecule has 2 aromatic heterocycles. The molecule has 1 aromatic carbocycles. The molecule has 4 rings (SSSR count). The maximum atomic E-state index is 12.7. The monoisotopic (exact) mass is 412 g/mol. The molecule has 1 N–H and O–H groups in total. The number of aromatic amines is 1. The molecule has 0 radical (unpaired) electrons. The van der Waals surface area contributed by atoms with Gasteiger partial charge in [-0.25, -0.2) is 0 Å². The Kier molecular flexibility index (Phi) is 6.07. The summed E-state index contributed by atoms with van der Waals surface area (Å²) in [6.07, 6.45) is 3.65. The van der Waals surface area contributed by atoms with Crippen molar-refractivity contribution in [3.8, 4) is 5.75 Å². The third-order valence-electron chi connectivity index (χ3n) is 4.68. The molecule has 0 bridgehead atoms. The lowest BCUT2D eigenvalue weighted by Crippen LogP contribution is -2.42. The van der Waals surface area contributed by atoms with Crippen LogP contribution in [0.1, 0.15) is 27.8 Å². The number of pyridine rings is 1. The Morgan fingerprint density at radius 2 is 2.24 bits per heavy atom. The van der Waals surface area contributed by atoms with Crippen LogP contribution in [0.5, 0.6) is 5.75 Å². The second-order valence-electron chi connectivity index (χ2n) is 6.73. The van der Waals surface area contributed by atoms with Crippen LogP contribution < -0.4 is 4.74 Å². The van der Waals surface area contributed by atoms with E-state index < -0.39 is 0 Å². The molecule has 1 fully saturated rings. The highest BCUT2D eigenvalue weighted by molar-refractivity contribution is 6.30. The summed E-state index contributed by atoms with van der Waals surface area (Å²) in [5.41, 5.74) is 2.31. The molecule has 0 saturated carbocycles. The number of halogens is 1. The van der Waals surface area contributed by atoms with Gasteiger partial charge in [-0.3, -0.25) is 14.9 Å². The Bertz CT molecular complexity index is 963. The van der Waals surface area contributed by atoms with Crippen LogP contribution in [0.15, 0.2) is 54.9 Å². The van der Waals surface area contributed by atoms with Gasteiger partial charge in [0.05, 0.1) is 31.0 Å². The third-order valence-corrected chi connectivity index (χ3v) is 4.91. The Hall–Kier alpha value is -2.90. The van der Waals surface area contributed by atoms with Crippen molar-refractivity contribution >= 4 is 17.5 Å². The van der Waals surface area contributed by atoms with Crippen molar-refractivity contribution in [2.45, 2.75) is 12.5 Å². The van der Waals surface area contributed by atoms with E-state index in [4.69, 9.17) is 21.1 Å². The first-order valence-corrected chi connectivity index (χ1v) is 9.80. The van der Waals surface area contributed by atoms with E-state index in [-0.39, 0.29) is 12.0 Å². The summed E-state index contributed by atoms with van der Waals surface area (Å²) >= 11 is 5.96. The van der Waals surface area contributed by atoms with Gasteiger partial charge in [-0.1, -0.05) is 17.7 Å². The number of nitrogens with zero attached hydrogens (tertiary/aromatic N) is 3. The summed E-state index contributed by atoms with van der Waals surface area (Å²) in [6, 6.07) is 12.8. The zero-order chi connectivity index (χ0) is 20.1. The zero-order valence-corrected chi connectivity index (χ0v) is 16.5. The first kappa shape index (κ1) is 19.4. The minimum Gasteiger partial charge on any atom is -0.493 e. The van der Waals surface area contributed by atoms with Crippen LogP contribution >= 0.6 is 11.6 Å².